The van der Waals surface area contributed by atoms with E-state index in [0.717, 1.165) is 18.6 Å². The number of benzene rings is 2. The minimum atomic E-state index is 0.635. The first-order valence-electron chi connectivity index (χ1n) is 7.82. The molecule has 0 spiro atoms. The first-order chi connectivity index (χ1) is 10.9. The summed E-state index contributed by atoms with van der Waals surface area (Å²) in [6.07, 6.45) is 2.04. The van der Waals surface area contributed by atoms with Crippen molar-refractivity contribution >= 4 is 0 Å². The Morgan fingerprint density at radius 2 is 1.73 bits per heavy atom. The SMILES string of the molecule is c1ccc2c(c1)Cc1c-2cc2c3[n+]1COc1cccc(c1-3)C2. The van der Waals surface area contributed by atoms with E-state index in [1.54, 1.807) is 0 Å². The smallest absolute Gasteiger partial charge is 0.292 e. The van der Waals surface area contributed by atoms with E-state index in [2.05, 4.69) is 53.1 Å². The predicted molar refractivity (Wildman–Crippen MR) is 83.7 cm³/mol. The number of hydrogen-bond acceptors (Lipinski definition) is 1. The van der Waals surface area contributed by atoms with Crippen LogP contribution in [0, 0.1) is 0 Å². The van der Waals surface area contributed by atoms with Crippen LogP contribution in [0.3, 0.4) is 0 Å². The standard InChI is InChI=1S/C20H14NO/c1-2-6-15-12(4-1)10-17-16(15)9-14-8-13-5-3-7-18-19(13)20(14)21(17)11-22-18/h1-7,9H,8,10-11H2/q+1. The molecule has 2 nitrogen and oxygen atoms in total. The summed E-state index contributed by atoms with van der Waals surface area (Å²) in [5.74, 6) is 1.05. The van der Waals surface area contributed by atoms with Crippen LogP contribution in [-0.4, -0.2) is 0 Å². The third-order valence-corrected chi connectivity index (χ3v) is 5.27. The number of ether oxygens (including phenoxy) is 1. The molecule has 3 aromatic rings. The molecule has 0 N–H and O–H groups in total. The maximum Gasteiger partial charge on any atom is 0.292 e. The molecular weight excluding hydrogens is 270 g/mol. The van der Waals surface area contributed by atoms with Crippen molar-refractivity contribution in [1.29, 1.82) is 0 Å². The van der Waals surface area contributed by atoms with Gasteiger partial charge in [-0.05, 0) is 28.8 Å². The number of aromatic nitrogens is 1. The first-order valence-corrected chi connectivity index (χ1v) is 7.82. The number of rotatable bonds is 0. The van der Waals surface area contributed by atoms with Gasteiger partial charge in [0.2, 0.25) is 5.69 Å². The summed E-state index contributed by atoms with van der Waals surface area (Å²) in [6, 6.07) is 17.6. The van der Waals surface area contributed by atoms with Gasteiger partial charge < -0.3 is 4.74 Å². The second kappa shape index (κ2) is 3.58. The third kappa shape index (κ3) is 1.16. The molecule has 0 radical (unpaired) electrons. The zero-order valence-electron chi connectivity index (χ0n) is 12.1. The topological polar surface area (TPSA) is 13.1 Å². The van der Waals surface area contributed by atoms with Gasteiger partial charge in [-0.2, -0.15) is 4.57 Å². The van der Waals surface area contributed by atoms with Crippen molar-refractivity contribution in [3.05, 3.63) is 70.9 Å². The number of pyridine rings is 1. The normalized spacial score (nSPS) is 15.1. The lowest BCUT2D eigenvalue weighted by molar-refractivity contribution is -0.723. The summed E-state index contributed by atoms with van der Waals surface area (Å²) in [6.45, 7) is 0.635. The van der Waals surface area contributed by atoms with Crippen LogP contribution in [0.5, 0.6) is 5.75 Å². The molecule has 0 atom stereocenters. The zero-order chi connectivity index (χ0) is 14.3. The monoisotopic (exact) mass is 284 g/mol. The highest BCUT2D eigenvalue weighted by atomic mass is 16.5. The second-order valence-corrected chi connectivity index (χ2v) is 6.38. The van der Waals surface area contributed by atoms with Gasteiger partial charge in [0.05, 0.1) is 17.5 Å². The van der Waals surface area contributed by atoms with Crippen LogP contribution in [0.4, 0.5) is 0 Å². The molecule has 3 aliphatic rings. The Bertz CT molecular complexity index is 987. The second-order valence-electron chi connectivity index (χ2n) is 6.38. The molecule has 0 fully saturated rings. The third-order valence-electron chi connectivity index (χ3n) is 5.27. The van der Waals surface area contributed by atoms with E-state index in [9.17, 15) is 0 Å². The van der Waals surface area contributed by atoms with Gasteiger partial charge in [-0.1, -0.05) is 36.4 Å². The summed E-state index contributed by atoms with van der Waals surface area (Å²) in [7, 11) is 0. The molecule has 0 saturated carbocycles. The van der Waals surface area contributed by atoms with Gasteiger partial charge in [-0.3, -0.25) is 0 Å². The molecule has 104 valence electrons. The van der Waals surface area contributed by atoms with Crippen LogP contribution < -0.4 is 9.30 Å². The van der Waals surface area contributed by atoms with Crippen molar-refractivity contribution in [3.63, 3.8) is 0 Å². The van der Waals surface area contributed by atoms with Gasteiger partial charge in [0, 0.05) is 12.0 Å². The highest BCUT2D eigenvalue weighted by Gasteiger charge is 2.40. The van der Waals surface area contributed by atoms with Crippen LogP contribution in [0.25, 0.3) is 22.4 Å². The van der Waals surface area contributed by atoms with Crippen molar-refractivity contribution in [3.8, 4) is 28.1 Å². The zero-order valence-corrected chi connectivity index (χ0v) is 12.1. The van der Waals surface area contributed by atoms with Gasteiger partial charge in [0.25, 0.3) is 6.73 Å². The lowest BCUT2D eigenvalue weighted by atomic mass is 10.0. The van der Waals surface area contributed by atoms with Crippen LogP contribution in [-0.2, 0) is 19.6 Å². The lowest BCUT2D eigenvalue weighted by Crippen LogP contribution is -2.45. The van der Waals surface area contributed by atoms with E-state index in [4.69, 9.17) is 4.74 Å². The van der Waals surface area contributed by atoms with E-state index in [-0.39, 0.29) is 0 Å². The molecule has 2 aliphatic carbocycles. The van der Waals surface area contributed by atoms with Crippen LogP contribution in [0.1, 0.15) is 22.4 Å². The van der Waals surface area contributed by atoms with Crippen LogP contribution >= 0.6 is 0 Å². The molecule has 0 amide bonds. The molecule has 6 rings (SSSR count). The number of fused-ring (bicyclic) bond motifs is 4. The van der Waals surface area contributed by atoms with E-state index in [0.29, 0.717) is 6.73 Å². The van der Waals surface area contributed by atoms with Crippen molar-refractivity contribution in [1.82, 2.24) is 0 Å². The minimum Gasteiger partial charge on any atom is -0.435 e. The Morgan fingerprint density at radius 1 is 0.818 bits per heavy atom. The molecule has 0 saturated heterocycles. The Morgan fingerprint density at radius 3 is 2.73 bits per heavy atom. The Kier molecular flexibility index (Phi) is 1.80. The van der Waals surface area contributed by atoms with E-state index in [1.165, 1.54) is 44.8 Å². The van der Waals surface area contributed by atoms with Crippen LogP contribution in [0.15, 0.2) is 48.5 Å². The summed E-state index contributed by atoms with van der Waals surface area (Å²) in [5.41, 5.74) is 11.2. The molecule has 2 heterocycles. The van der Waals surface area contributed by atoms with Gasteiger partial charge >= 0.3 is 0 Å². The van der Waals surface area contributed by atoms with Gasteiger partial charge in [-0.15, -0.1) is 0 Å². The van der Waals surface area contributed by atoms with Crippen molar-refractivity contribution in [2.24, 2.45) is 0 Å². The molecule has 1 aromatic heterocycles. The summed E-state index contributed by atoms with van der Waals surface area (Å²) >= 11 is 0. The maximum absolute atomic E-state index is 6.05. The average molecular weight is 284 g/mol. The summed E-state index contributed by atoms with van der Waals surface area (Å²) in [5, 5.41) is 0. The van der Waals surface area contributed by atoms with E-state index in [1.807, 2.05) is 0 Å². The maximum atomic E-state index is 6.05. The van der Waals surface area contributed by atoms with Crippen molar-refractivity contribution in [2.75, 3.05) is 0 Å². The molecule has 2 heteroatoms. The predicted octanol–water partition coefficient (Wildman–Crippen LogP) is 3.47. The number of nitrogens with zero attached hydrogens (tertiary/aromatic N) is 1. The van der Waals surface area contributed by atoms with Crippen molar-refractivity contribution in [2.45, 2.75) is 19.6 Å². The molecule has 22 heavy (non-hydrogen) atoms. The molecule has 0 bridgehead atoms. The lowest BCUT2D eigenvalue weighted by Gasteiger charge is -2.17. The minimum absolute atomic E-state index is 0.635. The highest BCUT2D eigenvalue weighted by Crippen LogP contribution is 2.46. The largest absolute Gasteiger partial charge is 0.435 e. The Balaban J connectivity index is 1.71. The quantitative estimate of drug-likeness (QED) is 0.397. The molecule has 1 aliphatic heterocycles. The molecular formula is C20H14NO+. The fourth-order valence-corrected chi connectivity index (χ4v) is 4.35. The fourth-order valence-electron chi connectivity index (χ4n) is 4.35. The fraction of sp³-hybridized carbons (Fsp3) is 0.150. The Hall–Kier alpha value is -2.61. The van der Waals surface area contributed by atoms with Crippen molar-refractivity contribution < 1.29 is 9.30 Å². The van der Waals surface area contributed by atoms with Gasteiger partial charge in [0.1, 0.15) is 5.75 Å². The number of hydrogen-bond donors (Lipinski definition) is 0. The molecule has 2 aromatic carbocycles. The summed E-state index contributed by atoms with van der Waals surface area (Å²) < 4.78 is 8.46. The van der Waals surface area contributed by atoms with Gasteiger partial charge in [-0.25, -0.2) is 0 Å². The first kappa shape index (κ1) is 11.0. The Labute approximate surface area is 128 Å². The highest BCUT2D eigenvalue weighted by molar-refractivity contribution is 5.82. The molecule has 0 unspecified atom stereocenters. The van der Waals surface area contributed by atoms with Crippen LogP contribution in [0.2, 0.25) is 0 Å². The van der Waals surface area contributed by atoms with E-state index >= 15 is 0 Å². The van der Waals surface area contributed by atoms with Gasteiger partial charge in [0.15, 0.2) is 5.69 Å². The summed E-state index contributed by atoms with van der Waals surface area (Å²) in [4.78, 5) is 0. The van der Waals surface area contributed by atoms with E-state index < -0.39 is 0 Å². The average Bonchev–Trinajstić information content (AvgIpc) is 3.11.